The zero-order valence-electron chi connectivity index (χ0n) is 15.7. The third kappa shape index (κ3) is 4.05. The summed E-state index contributed by atoms with van der Waals surface area (Å²) in [5.74, 6) is 0. The molecule has 0 atom stereocenters. The van der Waals surface area contributed by atoms with Gasteiger partial charge in [-0.2, -0.15) is 0 Å². The second kappa shape index (κ2) is 7.69. The second-order valence-electron chi connectivity index (χ2n) is 6.51. The fourth-order valence-electron chi connectivity index (χ4n) is 3.10. The van der Waals surface area contributed by atoms with E-state index in [1.54, 1.807) is 22.8 Å². The SMILES string of the molecule is CCOC(=O)N1CCN(C(=O)Nc2cc3c(C)cc(=O)oc3cc2C)CC1. The van der Waals surface area contributed by atoms with Crippen molar-refractivity contribution in [2.45, 2.75) is 20.8 Å². The number of ether oxygens (including phenoxy) is 1. The maximum Gasteiger partial charge on any atom is 0.409 e. The van der Waals surface area contributed by atoms with Gasteiger partial charge in [-0.1, -0.05) is 0 Å². The molecule has 144 valence electrons. The molecule has 8 nitrogen and oxygen atoms in total. The van der Waals surface area contributed by atoms with E-state index in [0.717, 1.165) is 16.5 Å². The standard InChI is InChI=1S/C19H23N3O5/c1-4-26-19(25)22-7-5-21(6-8-22)18(24)20-15-11-14-12(2)10-17(23)27-16(14)9-13(15)3/h9-11H,4-8H2,1-3H3,(H,20,24). The van der Waals surface area contributed by atoms with Crippen LogP contribution in [0.5, 0.6) is 0 Å². The minimum absolute atomic E-state index is 0.226. The van der Waals surface area contributed by atoms with Gasteiger partial charge in [-0.05, 0) is 44.0 Å². The van der Waals surface area contributed by atoms with Crippen LogP contribution in [0.4, 0.5) is 15.3 Å². The van der Waals surface area contributed by atoms with Gasteiger partial charge in [0.1, 0.15) is 5.58 Å². The highest BCUT2D eigenvalue weighted by atomic mass is 16.6. The Labute approximate surface area is 156 Å². The zero-order chi connectivity index (χ0) is 19.6. The number of piperazine rings is 1. The molecule has 0 aliphatic carbocycles. The highest BCUT2D eigenvalue weighted by molar-refractivity contribution is 5.94. The molecule has 0 radical (unpaired) electrons. The topological polar surface area (TPSA) is 92.1 Å². The molecule has 8 heteroatoms. The summed E-state index contributed by atoms with van der Waals surface area (Å²) in [5, 5.41) is 3.70. The first-order valence-corrected chi connectivity index (χ1v) is 8.91. The van der Waals surface area contributed by atoms with E-state index in [9.17, 15) is 14.4 Å². The lowest BCUT2D eigenvalue weighted by molar-refractivity contribution is 0.0868. The van der Waals surface area contributed by atoms with Crippen LogP contribution in [0.3, 0.4) is 0 Å². The summed E-state index contributed by atoms with van der Waals surface area (Å²) in [6.45, 7) is 7.52. The number of benzene rings is 1. The van der Waals surface area contributed by atoms with Crippen LogP contribution >= 0.6 is 0 Å². The molecule has 0 bridgehead atoms. The number of carbonyl (C=O) groups excluding carboxylic acids is 2. The highest BCUT2D eigenvalue weighted by Gasteiger charge is 2.25. The average molecular weight is 373 g/mol. The number of anilines is 1. The van der Waals surface area contributed by atoms with Crippen molar-refractivity contribution < 1.29 is 18.7 Å². The molecule has 1 aliphatic rings. The molecule has 2 aromatic rings. The summed E-state index contributed by atoms with van der Waals surface area (Å²) in [6.07, 6.45) is -0.347. The van der Waals surface area contributed by atoms with Crippen molar-refractivity contribution in [2.75, 3.05) is 38.1 Å². The summed E-state index contributed by atoms with van der Waals surface area (Å²) in [7, 11) is 0. The van der Waals surface area contributed by atoms with Crippen molar-refractivity contribution in [3.63, 3.8) is 0 Å². The molecule has 1 saturated heterocycles. The molecule has 0 saturated carbocycles. The molecular formula is C19H23N3O5. The molecule has 1 N–H and O–H groups in total. The van der Waals surface area contributed by atoms with Gasteiger partial charge in [-0.25, -0.2) is 14.4 Å². The van der Waals surface area contributed by atoms with Gasteiger partial charge >= 0.3 is 17.7 Å². The molecule has 1 aromatic heterocycles. The number of amides is 3. The Morgan fingerprint density at radius 2 is 1.74 bits per heavy atom. The number of hydrogen-bond donors (Lipinski definition) is 1. The lowest BCUT2D eigenvalue weighted by Gasteiger charge is -2.34. The Balaban J connectivity index is 1.70. The molecular weight excluding hydrogens is 350 g/mol. The van der Waals surface area contributed by atoms with Crippen LogP contribution in [-0.2, 0) is 4.74 Å². The highest BCUT2D eigenvalue weighted by Crippen LogP contribution is 2.25. The van der Waals surface area contributed by atoms with Crippen LogP contribution in [0.1, 0.15) is 18.1 Å². The summed E-state index contributed by atoms with van der Waals surface area (Å²) < 4.78 is 10.2. The number of nitrogens with zero attached hydrogens (tertiary/aromatic N) is 2. The lowest BCUT2D eigenvalue weighted by Crippen LogP contribution is -2.51. The minimum atomic E-state index is -0.393. The average Bonchev–Trinajstić information content (AvgIpc) is 2.63. The molecule has 3 rings (SSSR count). The van der Waals surface area contributed by atoms with Crippen molar-refractivity contribution in [3.05, 3.63) is 39.7 Å². The van der Waals surface area contributed by atoms with E-state index >= 15 is 0 Å². The van der Waals surface area contributed by atoms with Crippen molar-refractivity contribution >= 4 is 28.8 Å². The summed E-state index contributed by atoms with van der Waals surface area (Å²) in [4.78, 5) is 39.1. The minimum Gasteiger partial charge on any atom is -0.450 e. The molecule has 1 fully saturated rings. The zero-order valence-corrected chi connectivity index (χ0v) is 15.7. The van der Waals surface area contributed by atoms with Crippen LogP contribution in [0.25, 0.3) is 11.0 Å². The number of carbonyl (C=O) groups is 2. The van der Waals surface area contributed by atoms with E-state index in [4.69, 9.17) is 9.15 Å². The summed E-state index contributed by atoms with van der Waals surface area (Å²) in [5.41, 5.74) is 2.36. The first kappa shape index (κ1) is 18.8. The van der Waals surface area contributed by atoms with E-state index in [1.807, 2.05) is 19.9 Å². The van der Waals surface area contributed by atoms with Gasteiger partial charge in [0, 0.05) is 43.3 Å². The van der Waals surface area contributed by atoms with E-state index in [2.05, 4.69) is 5.32 Å². The molecule has 27 heavy (non-hydrogen) atoms. The monoisotopic (exact) mass is 373 g/mol. The summed E-state index contributed by atoms with van der Waals surface area (Å²) >= 11 is 0. The number of fused-ring (bicyclic) bond motifs is 1. The fourth-order valence-corrected chi connectivity index (χ4v) is 3.10. The van der Waals surface area contributed by atoms with Crippen LogP contribution in [0.15, 0.2) is 27.4 Å². The van der Waals surface area contributed by atoms with Gasteiger partial charge in [-0.3, -0.25) is 0 Å². The molecule has 0 unspecified atom stereocenters. The first-order valence-electron chi connectivity index (χ1n) is 8.91. The molecule has 1 aliphatic heterocycles. The van der Waals surface area contributed by atoms with Crippen molar-refractivity contribution in [3.8, 4) is 0 Å². The third-order valence-corrected chi connectivity index (χ3v) is 4.63. The molecule has 1 aromatic carbocycles. The van der Waals surface area contributed by atoms with Crippen LogP contribution in [-0.4, -0.2) is 54.7 Å². The van der Waals surface area contributed by atoms with Crippen LogP contribution in [0, 0.1) is 13.8 Å². The Bertz CT molecular complexity index is 929. The van der Waals surface area contributed by atoms with E-state index in [0.29, 0.717) is 44.1 Å². The van der Waals surface area contributed by atoms with Gasteiger partial charge in [0.05, 0.1) is 6.61 Å². The number of nitrogens with one attached hydrogen (secondary N) is 1. The van der Waals surface area contributed by atoms with Gasteiger partial charge in [0.2, 0.25) is 0 Å². The van der Waals surface area contributed by atoms with Crippen molar-refractivity contribution in [2.24, 2.45) is 0 Å². The van der Waals surface area contributed by atoms with Gasteiger partial charge in [-0.15, -0.1) is 0 Å². The largest absolute Gasteiger partial charge is 0.450 e. The smallest absolute Gasteiger partial charge is 0.409 e. The molecule has 3 amide bonds. The van der Waals surface area contributed by atoms with Crippen molar-refractivity contribution in [1.29, 1.82) is 0 Å². The van der Waals surface area contributed by atoms with Gasteiger partial charge in [0.15, 0.2) is 0 Å². The van der Waals surface area contributed by atoms with E-state index < -0.39 is 5.63 Å². The normalized spacial score (nSPS) is 14.3. The van der Waals surface area contributed by atoms with E-state index in [-0.39, 0.29) is 12.1 Å². The predicted octanol–water partition coefficient (Wildman–Crippen LogP) is 2.72. The second-order valence-corrected chi connectivity index (χ2v) is 6.51. The fraction of sp³-hybridized carbons (Fsp3) is 0.421. The number of aryl methyl sites for hydroxylation is 2. The Morgan fingerprint density at radius 3 is 2.41 bits per heavy atom. The molecule has 0 spiro atoms. The Kier molecular flexibility index (Phi) is 5.34. The van der Waals surface area contributed by atoms with Crippen LogP contribution < -0.4 is 10.9 Å². The number of rotatable bonds is 2. The Morgan fingerprint density at radius 1 is 1.07 bits per heavy atom. The predicted molar refractivity (Wildman–Crippen MR) is 101 cm³/mol. The maximum atomic E-state index is 12.6. The lowest BCUT2D eigenvalue weighted by atomic mass is 10.1. The quantitative estimate of drug-likeness (QED) is 0.817. The third-order valence-electron chi connectivity index (χ3n) is 4.63. The molecule has 2 heterocycles. The summed E-state index contributed by atoms with van der Waals surface area (Å²) in [6, 6.07) is 4.77. The van der Waals surface area contributed by atoms with Crippen LogP contribution in [0.2, 0.25) is 0 Å². The number of hydrogen-bond acceptors (Lipinski definition) is 5. The van der Waals surface area contributed by atoms with Gasteiger partial charge in [0.25, 0.3) is 0 Å². The maximum absolute atomic E-state index is 12.6. The van der Waals surface area contributed by atoms with Crippen molar-refractivity contribution in [1.82, 2.24) is 9.80 Å². The first-order chi connectivity index (χ1) is 12.9. The Hall–Kier alpha value is -3.03. The van der Waals surface area contributed by atoms with E-state index in [1.165, 1.54) is 6.07 Å². The number of urea groups is 1. The van der Waals surface area contributed by atoms with Gasteiger partial charge < -0.3 is 24.3 Å².